The Bertz CT molecular complexity index is 585. The molecule has 1 aromatic heterocycles. The highest BCUT2D eigenvalue weighted by atomic mass is 16.5. The number of nitrogens with zero attached hydrogens (tertiary/aromatic N) is 2. The zero-order valence-corrected chi connectivity index (χ0v) is 9.77. The number of benzene rings is 1. The van der Waals surface area contributed by atoms with Crippen LogP contribution in [0.4, 0.5) is 0 Å². The molecule has 1 aromatic carbocycles. The first-order valence-corrected chi connectivity index (χ1v) is 5.31. The molecule has 84 valence electrons. The van der Waals surface area contributed by atoms with Crippen LogP contribution in [0.5, 0.6) is 11.5 Å². The number of hydrogen-bond acceptors (Lipinski definition) is 3. The molecule has 0 N–H and O–H groups in total. The average Bonchev–Trinajstić information content (AvgIpc) is 2.32. The molecule has 0 saturated carbocycles. The molecule has 0 atom stereocenters. The zero-order chi connectivity index (χ0) is 12.3. The van der Waals surface area contributed by atoms with Crippen LogP contribution < -0.4 is 4.74 Å². The Morgan fingerprint density at radius 3 is 2.71 bits per heavy atom. The summed E-state index contributed by atoms with van der Waals surface area (Å²) < 4.78 is 5.73. The van der Waals surface area contributed by atoms with Crippen LogP contribution in [0.3, 0.4) is 0 Å². The van der Waals surface area contributed by atoms with Crippen LogP contribution in [0.1, 0.15) is 16.8 Å². The highest BCUT2D eigenvalue weighted by Gasteiger charge is 2.06. The number of rotatable bonds is 2. The Morgan fingerprint density at radius 1 is 1.18 bits per heavy atom. The van der Waals surface area contributed by atoms with E-state index in [1.807, 2.05) is 38.1 Å². The van der Waals surface area contributed by atoms with Crippen LogP contribution >= 0.6 is 0 Å². The van der Waals surface area contributed by atoms with Crippen molar-refractivity contribution in [3.8, 4) is 17.6 Å². The van der Waals surface area contributed by atoms with Crippen molar-refractivity contribution in [3.05, 3.63) is 53.3 Å². The Balaban J connectivity index is 2.40. The van der Waals surface area contributed by atoms with E-state index >= 15 is 0 Å². The molecule has 0 unspecified atom stereocenters. The standard InChI is InChI=1S/C14H12N2O/c1-10-5-6-12(9-15)14(8-10)17-13-4-3-7-16-11(13)2/h3-8H,1-2H3. The highest BCUT2D eigenvalue weighted by molar-refractivity contribution is 5.47. The van der Waals surface area contributed by atoms with Crippen molar-refractivity contribution >= 4 is 0 Å². The second-order valence-electron chi connectivity index (χ2n) is 3.80. The van der Waals surface area contributed by atoms with Gasteiger partial charge in [-0.1, -0.05) is 6.07 Å². The molecule has 0 bridgehead atoms. The highest BCUT2D eigenvalue weighted by Crippen LogP contribution is 2.27. The van der Waals surface area contributed by atoms with Gasteiger partial charge in [0, 0.05) is 6.20 Å². The van der Waals surface area contributed by atoms with E-state index in [1.165, 1.54) is 0 Å². The molecule has 0 aliphatic carbocycles. The fourth-order valence-electron chi connectivity index (χ4n) is 1.50. The Hall–Kier alpha value is -2.34. The summed E-state index contributed by atoms with van der Waals surface area (Å²) in [5.41, 5.74) is 2.39. The van der Waals surface area contributed by atoms with Gasteiger partial charge in [-0.3, -0.25) is 4.98 Å². The quantitative estimate of drug-likeness (QED) is 0.785. The molecule has 0 spiro atoms. The van der Waals surface area contributed by atoms with Crippen LogP contribution in [0.15, 0.2) is 36.5 Å². The van der Waals surface area contributed by atoms with Gasteiger partial charge >= 0.3 is 0 Å². The van der Waals surface area contributed by atoms with Crippen molar-refractivity contribution in [2.45, 2.75) is 13.8 Å². The summed E-state index contributed by atoms with van der Waals surface area (Å²) in [6.45, 7) is 3.83. The molecule has 0 fully saturated rings. The van der Waals surface area contributed by atoms with Gasteiger partial charge in [0.25, 0.3) is 0 Å². The van der Waals surface area contributed by atoms with Crippen molar-refractivity contribution < 1.29 is 4.74 Å². The van der Waals surface area contributed by atoms with Gasteiger partial charge in [0.15, 0.2) is 0 Å². The lowest BCUT2D eigenvalue weighted by atomic mass is 10.1. The van der Waals surface area contributed by atoms with Gasteiger partial charge in [0.05, 0.1) is 11.3 Å². The number of aryl methyl sites for hydroxylation is 2. The summed E-state index contributed by atoms with van der Waals surface area (Å²) >= 11 is 0. The molecule has 0 saturated heterocycles. The summed E-state index contributed by atoms with van der Waals surface area (Å²) in [4.78, 5) is 4.15. The molecule has 2 rings (SSSR count). The average molecular weight is 224 g/mol. The molecule has 0 radical (unpaired) electrons. The number of aromatic nitrogens is 1. The van der Waals surface area contributed by atoms with E-state index < -0.39 is 0 Å². The number of pyridine rings is 1. The molecule has 0 aliphatic rings. The second kappa shape index (κ2) is 4.67. The molecule has 3 heteroatoms. The van der Waals surface area contributed by atoms with Crippen LogP contribution in [-0.4, -0.2) is 4.98 Å². The Morgan fingerprint density at radius 2 is 2.00 bits per heavy atom. The van der Waals surface area contributed by atoms with Gasteiger partial charge in [-0.25, -0.2) is 0 Å². The molecular weight excluding hydrogens is 212 g/mol. The molecule has 3 nitrogen and oxygen atoms in total. The Kier molecular flexibility index (Phi) is 3.06. The minimum Gasteiger partial charge on any atom is -0.454 e. The van der Waals surface area contributed by atoms with Crippen molar-refractivity contribution in [1.29, 1.82) is 5.26 Å². The summed E-state index contributed by atoms with van der Waals surface area (Å²) in [5.74, 6) is 1.25. The lowest BCUT2D eigenvalue weighted by Crippen LogP contribution is -1.92. The van der Waals surface area contributed by atoms with E-state index in [0.717, 1.165) is 11.3 Å². The summed E-state index contributed by atoms with van der Waals surface area (Å²) in [6, 6.07) is 11.3. The van der Waals surface area contributed by atoms with Crippen molar-refractivity contribution in [2.24, 2.45) is 0 Å². The predicted molar refractivity (Wildman–Crippen MR) is 64.9 cm³/mol. The first kappa shape index (κ1) is 11.2. The van der Waals surface area contributed by atoms with Crippen molar-refractivity contribution in [3.63, 3.8) is 0 Å². The van der Waals surface area contributed by atoms with Crippen molar-refractivity contribution in [2.75, 3.05) is 0 Å². The summed E-state index contributed by atoms with van der Waals surface area (Å²) in [6.07, 6.45) is 1.71. The van der Waals surface area contributed by atoms with Crippen LogP contribution in [0.25, 0.3) is 0 Å². The minimum atomic E-state index is 0.527. The smallest absolute Gasteiger partial charge is 0.148 e. The molecule has 1 heterocycles. The summed E-state index contributed by atoms with van der Waals surface area (Å²) in [7, 11) is 0. The van der Waals surface area contributed by atoms with Gasteiger partial charge < -0.3 is 4.74 Å². The first-order chi connectivity index (χ1) is 8.20. The van der Waals surface area contributed by atoms with Gasteiger partial charge in [-0.05, 0) is 43.7 Å². The maximum Gasteiger partial charge on any atom is 0.148 e. The van der Waals surface area contributed by atoms with E-state index in [0.29, 0.717) is 17.1 Å². The van der Waals surface area contributed by atoms with Crippen LogP contribution in [0.2, 0.25) is 0 Å². The molecule has 17 heavy (non-hydrogen) atoms. The van der Waals surface area contributed by atoms with Gasteiger partial charge in [-0.15, -0.1) is 0 Å². The van der Waals surface area contributed by atoms with Crippen LogP contribution in [0, 0.1) is 25.2 Å². The minimum absolute atomic E-state index is 0.527. The fourth-order valence-corrected chi connectivity index (χ4v) is 1.50. The molecule has 2 aromatic rings. The third-order valence-electron chi connectivity index (χ3n) is 2.44. The SMILES string of the molecule is Cc1ccc(C#N)c(Oc2cccnc2C)c1. The second-order valence-corrected chi connectivity index (χ2v) is 3.80. The van der Waals surface area contributed by atoms with Gasteiger partial charge in [-0.2, -0.15) is 5.26 Å². The lowest BCUT2D eigenvalue weighted by Gasteiger charge is -2.09. The third kappa shape index (κ3) is 2.43. The van der Waals surface area contributed by atoms with Gasteiger partial charge in [0.2, 0.25) is 0 Å². The fraction of sp³-hybridized carbons (Fsp3) is 0.143. The molecule has 0 amide bonds. The normalized spacial score (nSPS) is 9.71. The maximum absolute atomic E-state index is 9.01. The third-order valence-corrected chi connectivity index (χ3v) is 2.44. The van der Waals surface area contributed by atoms with Crippen molar-refractivity contribution in [1.82, 2.24) is 4.98 Å². The lowest BCUT2D eigenvalue weighted by molar-refractivity contribution is 0.474. The Labute approximate surface area is 100 Å². The zero-order valence-electron chi connectivity index (χ0n) is 9.77. The van der Waals surface area contributed by atoms with E-state index in [-0.39, 0.29) is 0 Å². The van der Waals surface area contributed by atoms with Crippen LogP contribution in [-0.2, 0) is 0 Å². The largest absolute Gasteiger partial charge is 0.454 e. The molecular formula is C14H12N2O. The van der Waals surface area contributed by atoms with E-state index in [1.54, 1.807) is 12.3 Å². The topological polar surface area (TPSA) is 45.9 Å². The monoisotopic (exact) mass is 224 g/mol. The molecule has 0 aliphatic heterocycles. The number of nitriles is 1. The predicted octanol–water partition coefficient (Wildman–Crippen LogP) is 3.36. The summed E-state index contributed by atoms with van der Waals surface area (Å²) in [5, 5.41) is 9.01. The number of ether oxygens (including phenoxy) is 1. The van der Waals surface area contributed by atoms with E-state index in [4.69, 9.17) is 10.00 Å². The van der Waals surface area contributed by atoms with E-state index in [9.17, 15) is 0 Å². The number of hydrogen-bond donors (Lipinski definition) is 0. The first-order valence-electron chi connectivity index (χ1n) is 5.31. The van der Waals surface area contributed by atoms with Gasteiger partial charge in [0.1, 0.15) is 17.6 Å². The maximum atomic E-state index is 9.01. The van der Waals surface area contributed by atoms with E-state index in [2.05, 4.69) is 11.1 Å².